The van der Waals surface area contributed by atoms with E-state index in [2.05, 4.69) is 5.32 Å². The fourth-order valence-electron chi connectivity index (χ4n) is 3.09. The number of hydrogen-bond donors (Lipinski definition) is 1. The highest BCUT2D eigenvalue weighted by Gasteiger charge is 2.28. The van der Waals surface area contributed by atoms with Gasteiger partial charge < -0.3 is 15.0 Å². The average molecular weight is 411 g/mol. The topological polar surface area (TPSA) is 58.6 Å². The number of nitrogens with zero attached hydrogens (tertiary/aromatic N) is 1. The van der Waals surface area contributed by atoms with Crippen LogP contribution in [0.15, 0.2) is 18.2 Å². The highest BCUT2D eigenvalue weighted by Crippen LogP contribution is 2.35. The van der Waals surface area contributed by atoms with Gasteiger partial charge in [-0.15, -0.1) is 11.3 Å². The number of rotatable bonds is 4. The predicted molar refractivity (Wildman–Crippen MR) is 105 cm³/mol. The number of nitrogens with one attached hydrogen (secondary N) is 1. The van der Waals surface area contributed by atoms with Gasteiger partial charge >= 0.3 is 0 Å². The summed E-state index contributed by atoms with van der Waals surface area (Å²) in [6.07, 6.45) is 0.681. The Hall–Kier alpha value is -1.96. The van der Waals surface area contributed by atoms with E-state index in [-0.39, 0.29) is 16.5 Å². The second-order valence-corrected chi connectivity index (χ2v) is 7.81. The summed E-state index contributed by atoms with van der Waals surface area (Å²) in [6.45, 7) is 5.96. The molecule has 0 saturated carbocycles. The van der Waals surface area contributed by atoms with Crippen LogP contribution in [0.2, 0.25) is 5.02 Å². The second kappa shape index (κ2) is 8.37. The molecule has 1 fully saturated rings. The van der Waals surface area contributed by atoms with E-state index in [0.717, 1.165) is 16.5 Å². The second-order valence-electron chi connectivity index (χ2n) is 6.18. The largest absolute Gasteiger partial charge is 0.378 e. The molecule has 1 saturated heterocycles. The standard InChI is InChI=1S/C19H20ClFN2O3S/c1-3-13-11(2)27-18(16(13)19(25)23-6-8-26-9-7-23)22-17(24)14-5-4-12(21)10-15(14)20/h4-5,10H,3,6-9H2,1-2H3,(H,22,24). The molecule has 1 aromatic carbocycles. The molecule has 2 heterocycles. The lowest BCUT2D eigenvalue weighted by Gasteiger charge is -2.27. The van der Waals surface area contributed by atoms with Crippen molar-refractivity contribution in [3.05, 3.63) is 50.6 Å². The molecule has 2 amide bonds. The third-order valence-corrected chi connectivity index (χ3v) is 5.85. The fourth-order valence-corrected chi connectivity index (χ4v) is 4.47. The van der Waals surface area contributed by atoms with Gasteiger partial charge in [0.1, 0.15) is 10.8 Å². The predicted octanol–water partition coefficient (Wildman–Crippen LogP) is 4.14. The number of halogens is 2. The molecule has 2 aromatic rings. The number of carbonyl (C=O) groups excluding carboxylic acids is 2. The summed E-state index contributed by atoms with van der Waals surface area (Å²) in [4.78, 5) is 28.5. The van der Waals surface area contributed by atoms with E-state index in [1.165, 1.54) is 23.5 Å². The molecule has 3 rings (SSSR count). The van der Waals surface area contributed by atoms with Crippen molar-refractivity contribution < 1.29 is 18.7 Å². The maximum absolute atomic E-state index is 13.2. The van der Waals surface area contributed by atoms with Crippen molar-refractivity contribution in [1.82, 2.24) is 4.90 Å². The number of morpholine rings is 1. The fraction of sp³-hybridized carbons (Fsp3) is 0.368. The van der Waals surface area contributed by atoms with Gasteiger partial charge in [0.05, 0.1) is 29.4 Å². The SMILES string of the molecule is CCc1c(C)sc(NC(=O)c2ccc(F)cc2Cl)c1C(=O)N1CCOCC1. The van der Waals surface area contributed by atoms with Crippen molar-refractivity contribution in [2.75, 3.05) is 31.6 Å². The Balaban J connectivity index is 1.93. The molecule has 27 heavy (non-hydrogen) atoms. The lowest BCUT2D eigenvalue weighted by molar-refractivity contribution is 0.0303. The van der Waals surface area contributed by atoms with Gasteiger partial charge in [-0.1, -0.05) is 18.5 Å². The van der Waals surface area contributed by atoms with E-state index in [9.17, 15) is 14.0 Å². The zero-order valence-corrected chi connectivity index (χ0v) is 16.7. The molecule has 0 aliphatic carbocycles. The Bertz CT molecular complexity index is 878. The molecule has 8 heteroatoms. The average Bonchev–Trinajstić information content (AvgIpc) is 2.96. The molecular weight excluding hydrogens is 391 g/mol. The number of anilines is 1. The van der Waals surface area contributed by atoms with Crippen molar-refractivity contribution in [1.29, 1.82) is 0 Å². The van der Waals surface area contributed by atoms with E-state index in [1.807, 2.05) is 13.8 Å². The number of amides is 2. The van der Waals surface area contributed by atoms with Crippen LogP contribution in [-0.2, 0) is 11.2 Å². The molecule has 1 aliphatic heterocycles. The summed E-state index contributed by atoms with van der Waals surface area (Å²) in [7, 11) is 0. The molecule has 1 aliphatic rings. The normalized spacial score (nSPS) is 14.3. The van der Waals surface area contributed by atoms with Gasteiger partial charge in [0.2, 0.25) is 0 Å². The molecule has 0 atom stereocenters. The minimum absolute atomic E-state index is 0.0255. The van der Waals surface area contributed by atoms with Crippen LogP contribution in [-0.4, -0.2) is 43.0 Å². The molecule has 144 valence electrons. The van der Waals surface area contributed by atoms with E-state index < -0.39 is 11.7 Å². The summed E-state index contributed by atoms with van der Waals surface area (Å²) in [5.74, 6) is -1.10. The molecule has 1 N–H and O–H groups in total. The molecule has 1 aromatic heterocycles. The Morgan fingerprint density at radius 2 is 2.04 bits per heavy atom. The third kappa shape index (κ3) is 4.15. The first-order valence-corrected chi connectivity index (χ1v) is 9.87. The highest BCUT2D eigenvalue weighted by molar-refractivity contribution is 7.16. The smallest absolute Gasteiger partial charge is 0.257 e. The van der Waals surface area contributed by atoms with Crippen molar-refractivity contribution in [3.8, 4) is 0 Å². The zero-order valence-electron chi connectivity index (χ0n) is 15.1. The van der Waals surface area contributed by atoms with Crippen LogP contribution < -0.4 is 5.32 Å². The number of ether oxygens (including phenoxy) is 1. The van der Waals surface area contributed by atoms with Crippen molar-refractivity contribution in [2.45, 2.75) is 20.3 Å². The van der Waals surface area contributed by atoms with Gasteiger partial charge in [-0.05, 0) is 37.1 Å². The molecule has 0 bridgehead atoms. The van der Waals surface area contributed by atoms with Crippen molar-refractivity contribution in [3.63, 3.8) is 0 Å². The van der Waals surface area contributed by atoms with Gasteiger partial charge in [-0.3, -0.25) is 9.59 Å². The Morgan fingerprint density at radius 3 is 2.67 bits per heavy atom. The number of thiophene rings is 1. The van der Waals surface area contributed by atoms with E-state index >= 15 is 0 Å². The van der Waals surface area contributed by atoms with Gasteiger partial charge in [0.15, 0.2) is 0 Å². The number of aryl methyl sites for hydroxylation is 1. The Kier molecular flexibility index (Phi) is 6.14. The quantitative estimate of drug-likeness (QED) is 0.824. The molecular formula is C19H20ClFN2O3S. The number of hydrogen-bond acceptors (Lipinski definition) is 4. The van der Waals surface area contributed by atoms with Crippen molar-refractivity contribution in [2.24, 2.45) is 0 Å². The van der Waals surface area contributed by atoms with Crippen LogP contribution >= 0.6 is 22.9 Å². The molecule has 0 spiro atoms. The van der Waals surface area contributed by atoms with Gasteiger partial charge in [-0.25, -0.2) is 4.39 Å². The summed E-state index contributed by atoms with van der Waals surface area (Å²) in [5.41, 5.74) is 1.61. The van der Waals surface area contributed by atoms with Crippen LogP contribution in [0.4, 0.5) is 9.39 Å². The first kappa shape index (κ1) is 19.8. The van der Waals surface area contributed by atoms with Gasteiger partial charge in [-0.2, -0.15) is 0 Å². The summed E-state index contributed by atoms with van der Waals surface area (Å²) < 4.78 is 18.6. The van der Waals surface area contributed by atoms with Gasteiger partial charge in [0, 0.05) is 18.0 Å². The summed E-state index contributed by atoms with van der Waals surface area (Å²) in [5, 5.41) is 3.31. The Morgan fingerprint density at radius 1 is 1.33 bits per heavy atom. The zero-order chi connectivity index (χ0) is 19.6. The van der Waals surface area contributed by atoms with E-state index in [4.69, 9.17) is 16.3 Å². The Labute approximate surface area is 166 Å². The van der Waals surface area contributed by atoms with E-state index in [1.54, 1.807) is 4.90 Å². The third-order valence-electron chi connectivity index (χ3n) is 4.48. The molecule has 5 nitrogen and oxygen atoms in total. The summed E-state index contributed by atoms with van der Waals surface area (Å²) >= 11 is 7.35. The first-order chi connectivity index (χ1) is 12.9. The number of carbonyl (C=O) groups is 2. The van der Waals surface area contributed by atoms with Crippen molar-refractivity contribution >= 4 is 39.8 Å². The minimum atomic E-state index is -0.514. The van der Waals surface area contributed by atoms with E-state index in [0.29, 0.717) is 43.3 Å². The first-order valence-electron chi connectivity index (χ1n) is 8.68. The van der Waals surface area contributed by atoms with Gasteiger partial charge in [0.25, 0.3) is 11.8 Å². The highest BCUT2D eigenvalue weighted by atomic mass is 35.5. The minimum Gasteiger partial charge on any atom is -0.378 e. The maximum atomic E-state index is 13.2. The number of benzene rings is 1. The maximum Gasteiger partial charge on any atom is 0.257 e. The lowest BCUT2D eigenvalue weighted by atomic mass is 10.1. The molecule has 0 unspecified atom stereocenters. The lowest BCUT2D eigenvalue weighted by Crippen LogP contribution is -2.41. The van der Waals surface area contributed by atoms with Crippen LogP contribution in [0, 0.1) is 12.7 Å². The molecule has 0 radical (unpaired) electrons. The monoisotopic (exact) mass is 410 g/mol. The summed E-state index contributed by atoms with van der Waals surface area (Å²) in [6, 6.07) is 3.60. The van der Waals surface area contributed by atoms with Crippen LogP contribution in [0.5, 0.6) is 0 Å². The van der Waals surface area contributed by atoms with Crippen LogP contribution in [0.1, 0.15) is 38.1 Å². The van der Waals surface area contributed by atoms with Crippen LogP contribution in [0.25, 0.3) is 0 Å². The van der Waals surface area contributed by atoms with Crippen LogP contribution in [0.3, 0.4) is 0 Å².